The van der Waals surface area contributed by atoms with Crippen molar-refractivity contribution in [2.45, 2.75) is 6.43 Å². The van der Waals surface area contributed by atoms with Gasteiger partial charge in [-0.1, -0.05) is 12.1 Å². The molecule has 0 spiro atoms. The van der Waals surface area contributed by atoms with Gasteiger partial charge in [0, 0.05) is 18.8 Å². The maximum absolute atomic E-state index is 14.3. The molecule has 0 aliphatic rings. The molecule has 2 aromatic carbocycles. The minimum Gasteiger partial charge on any atom is -0.319 e. The molecule has 0 unspecified atom stereocenters. The van der Waals surface area contributed by atoms with E-state index in [1.807, 2.05) is 0 Å². The first-order valence-corrected chi connectivity index (χ1v) is 7.65. The highest BCUT2D eigenvalue weighted by atomic mass is 19.3. The van der Waals surface area contributed by atoms with E-state index in [1.54, 1.807) is 0 Å². The van der Waals surface area contributed by atoms with Crippen LogP contribution in [0.25, 0.3) is 11.1 Å². The van der Waals surface area contributed by atoms with Crippen molar-refractivity contribution in [3.8, 4) is 11.1 Å². The van der Waals surface area contributed by atoms with Gasteiger partial charge in [0.05, 0.1) is 11.3 Å². The second kappa shape index (κ2) is 7.18. The van der Waals surface area contributed by atoms with Gasteiger partial charge in [-0.25, -0.2) is 22.0 Å². The summed E-state index contributed by atoms with van der Waals surface area (Å²) in [5, 5.41) is 5.62. The predicted molar refractivity (Wildman–Crippen MR) is 87.9 cm³/mol. The monoisotopic (exact) mass is 381 g/mol. The predicted octanol–water partition coefficient (Wildman–Crippen LogP) is 4.69. The van der Waals surface area contributed by atoms with E-state index in [1.165, 1.54) is 25.2 Å². The molecule has 3 rings (SSSR count). The number of carbonyl (C=O) groups excluding carboxylic acids is 1. The molecular formula is C18H12F5N3O. The molecule has 0 fully saturated rings. The molecule has 9 heteroatoms. The normalized spacial score (nSPS) is 11.1. The third-order valence-electron chi connectivity index (χ3n) is 3.80. The Balaban J connectivity index is 2.05. The number of anilines is 1. The first-order chi connectivity index (χ1) is 12.8. The summed E-state index contributed by atoms with van der Waals surface area (Å²) in [6.07, 6.45) is -1.98. The van der Waals surface area contributed by atoms with Crippen molar-refractivity contribution < 1.29 is 26.7 Å². The van der Waals surface area contributed by atoms with Crippen molar-refractivity contribution >= 4 is 11.6 Å². The molecule has 0 bridgehead atoms. The van der Waals surface area contributed by atoms with Crippen LogP contribution in [0.3, 0.4) is 0 Å². The first kappa shape index (κ1) is 18.6. The fourth-order valence-corrected chi connectivity index (χ4v) is 2.57. The molecule has 1 amide bonds. The van der Waals surface area contributed by atoms with Crippen molar-refractivity contribution in [3.05, 3.63) is 71.3 Å². The fraction of sp³-hybridized carbons (Fsp3) is 0.111. The molecule has 0 aliphatic carbocycles. The van der Waals surface area contributed by atoms with E-state index in [9.17, 15) is 26.7 Å². The topological polar surface area (TPSA) is 46.9 Å². The lowest BCUT2D eigenvalue weighted by atomic mass is 10.0. The zero-order chi connectivity index (χ0) is 19.7. The zero-order valence-electron chi connectivity index (χ0n) is 13.8. The van der Waals surface area contributed by atoms with Crippen LogP contribution in [0, 0.1) is 17.5 Å². The second-order valence-corrected chi connectivity index (χ2v) is 5.65. The standard InChI is InChI=1S/C18H12F5N3O/c1-26-8-12(16(25-26)17(22)23)18(27)24-15-11(6-7-13(20)14(15)21)9-2-4-10(19)5-3-9/h2-8,17H,1H3,(H,24,27). The fourth-order valence-electron chi connectivity index (χ4n) is 2.57. The molecule has 0 aliphatic heterocycles. The Morgan fingerprint density at radius 1 is 1.07 bits per heavy atom. The molecule has 4 nitrogen and oxygen atoms in total. The molecule has 1 N–H and O–H groups in total. The SMILES string of the molecule is Cn1cc(C(=O)Nc2c(-c3ccc(F)cc3)ccc(F)c2F)c(C(F)F)n1. The third kappa shape index (κ3) is 3.67. The summed E-state index contributed by atoms with van der Waals surface area (Å²) in [4.78, 5) is 12.4. The number of carbonyl (C=O) groups is 1. The summed E-state index contributed by atoms with van der Waals surface area (Å²) >= 11 is 0. The Labute approximate surface area is 150 Å². The Kier molecular flexibility index (Phi) is 4.93. The average molecular weight is 381 g/mol. The Morgan fingerprint density at radius 3 is 2.37 bits per heavy atom. The van der Waals surface area contributed by atoms with Crippen molar-refractivity contribution in [3.63, 3.8) is 0 Å². The summed E-state index contributed by atoms with van der Waals surface area (Å²) < 4.78 is 68.2. The van der Waals surface area contributed by atoms with Gasteiger partial charge in [0.25, 0.3) is 12.3 Å². The minimum absolute atomic E-state index is 0.0599. The van der Waals surface area contributed by atoms with Crippen molar-refractivity contribution in [2.24, 2.45) is 7.05 Å². The summed E-state index contributed by atoms with van der Waals surface area (Å²) in [7, 11) is 1.34. The third-order valence-corrected chi connectivity index (χ3v) is 3.80. The quantitative estimate of drug-likeness (QED) is 0.667. The number of nitrogens with zero attached hydrogens (tertiary/aromatic N) is 2. The summed E-state index contributed by atoms with van der Waals surface area (Å²) in [6, 6.07) is 6.88. The Morgan fingerprint density at radius 2 is 1.74 bits per heavy atom. The second-order valence-electron chi connectivity index (χ2n) is 5.65. The van der Waals surface area contributed by atoms with Gasteiger partial charge in [-0.2, -0.15) is 5.10 Å². The molecule has 0 radical (unpaired) electrons. The number of benzene rings is 2. The molecule has 140 valence electrons. The number of alkyl halides is 2. The molecule has 0 saturated carbocycles. The lowest BCUT2D eigenvalue weighted by molar-refractivity contribution is 0.101. The van der Waals surface area contributed by atoms with Gasteiger partial charge >= 0.3 is 0 Å². The average Bonchev–Trinajstić information content (AvgIpc) is 3.02. The van der Waals surface area contributed by atoms with Gasteiger partial charge in [0.15, 0.2) is 11.6 Å². The van der Waals surface area contributed by atoms with Crippen LogP contribution < -0.4 is 5.32 Å². The van der Waals surface area contributed by atoms with E-state index in [0.29, 0.717) is 5.56 Å². The molecule has 1 aromatic heterocycles. The lowest BCUT2D eigenvalue weighted by Crippen LogP contribution is -2.16. The maximum Gasteiger partial charge on any atom is 0.282 e. The van der Waals surface area contributed by atoms with E-state index in [-0.39, 0.29) is 5.56 Å². The van der Waals surface area contributed by atoms with E-state index < -0.39 is 46.7 Å². The Hall–Kier alpha value is -3.23. The molecular weight excluding hydrogens is 369 g/mol. The van der Waals surface area contributed by atoms with Gasteiger partial charge in [0.2, 0.25) is 0 Å². The smallest absolute Gasteiger partial charge is 0.282 e. The first-order valence-electron chi connectivity index (χ1n) is 7.65. The zero-order valence-corrected chi connectivity index (χ0v) is 13.8. The van der Waals surface area contributed by atoms with Crippen LogP contribution in [0.1, 0.15) is 22.5 Å². The van der Waals surface area contributed by atoms with Crippen molar-refractivity contribution in [2.75, 3.05) is 5.32 Å². The molecule has 0 saturated heterocycles. The number of aromatic nitrogens is 2. The van der Waals surface area contributed by atoms with Gasteiger partial charge < -0.3 is 5.32 Å². The highest BCUT2D eigenvalue weighted by molar-refractivity contribution is 6.07. The van der Waals surface area contributed by atoms with Crippen LogP contribution in [-0.4, -0.2) is 15.7 Å². The van der Waals surface area contributed by atoms with E-state index in [2.05, 4.69) is 10.4 Å². The van der Waals surface area contributed by atoms with Crippen molar-refractivity contribution in [1.82, 2.24) is 9.78 Å². The lowest BCUT2D eigenvalue weighted by Gasteiger charge is -2.13. The van der Waals surface area contributed by atoms with Crippen molar-refractivity contribution in [1.29, 1.82) is 0 Å². The molecule has 0 atom stereocenters. The van der Waals surface area contributed by atoms with Crippen LogP contribution >= 0.6 is 0 Å². The van der Waals surface area contributed by atoms with Gasteiger partial charge in [-0.05, 0) is 29.8 Å². The number of hydrogen-bond acceptors (Lipinski definition) is 2. The molecule has 27 heavy (non-hydrogen) atoms. The molecule has 1 heterocycles. The summed E-state index contributed by atoms with van der Waals surface area (Å²) in [5.41, 5.74) is -1.44. The Bertz CT molecular complexity index is 999. The number of halogens is 5. The van der Waals surface area contributed by atoms with Gasteiger partial charge in [0.1, 0.15) is 11.5 Å². The van der Waals surface area contributed by atoms with Crippen LogP contribution in [0.4, 0.5) is 27.6 Å². The van der Waals surface area contributed by atoms with E-state index in [0.717, 1.165) is 29.1 Å². The number of aryl methyl sites for hydroxylation is 1. The van der Waals surface area contributed by atoms with Gasteiger partial charge in [-0.15, -0.1) is 0 Å². The van der Waals surface area contributed by atoms with E-state index in [4.69, 9.17) is 0 Å². The number of rotatable bonds is 4. The van der Waals surface area contributed by atoms with Crippen LogP contribution in [0.15, 0.2) is 42.6 Å². The van der Waals surface area contributed by atoms with Gasteiger partial charge in [-0.3, -0.25) is 9.48 Å². The summed E-state index contributed by atoms with van der Waals surface area (Å²) in [5.74, 6) is -4.22. The molecule has 3 aromatic rings. The number of amides is 1. The number of hydrogen-bond donors (Lipinski definition) is 1. The summed E-state index contributed by atoms with van der Waals surface area (Å²) in [6.45, 7) is 0. The minimum atomic E-state index is -3.03. The van der Waals surface area contributed by atoms with Crippen LogP contribution in [0.5, 0.6) is 0 Å². The van der Waals surface area contributed by atoms with Crippen LogP contribution in [0.2, 0.25) is 0 Å². The highest BCUT2D eigenvalue weighted by Crippen LogP contribution is 2.33. The number of nitrogens with one attached hydrogen (secondary N) is 1. The van der Waals surface area contributed by atoms with E-state index >= 15 is 0 Å². The maximum atomic E-state index is 14.3. The largest absolute Gasteiger partial charge is 0.319 e. The highest BCUT2D eigenvalue weighted by Gasteiger charge is 2.25. The van der Waals surface area contributed by atoms with Crippen LogP contribution in [-0.2, 0) is 7.05 Å².